The Kier molecular flexibility index (Phi) is 70.6. The fourth-order valence-electron chi connectivity index (χ4n) is 0.427. The van der Waals surface area contributed by atoms with Crippen LogP contribution in [0.1, 0.15) is 20.8 Å². The molecule has 0 radical (unpaired) electrons. The second-order valence-electron chi connectivity index (χ2n) is 2.56. The van der Waals surface area contributed by atoms with Gasteiger partial charge in [0, 0.05) is 0 Å². The smallest absolute Gasteiger partial charge is 0.404 e. The molecule has 0 aromatic carbocycles. The molecule has 0 heterocycles. The van der Waals surface area contributed by atoms with Crippen molar-refractivity contribution in [2.75, 3.05) is 19.8 Å². The zero-order chi connectivity index (χ0) is 23.1. The van der Waals surface area contributed by atoms with Crippen LogP contribution in [0.4, 0.5) is 14.4 Å². The zero-order valence-corrected chi connectivity index (χ0v) is 15.0. The van der Waals surface area contributed by atoms with E-state index in [1.807, 2.05) is 0 Å². The number of ether oxygens (including phenoxy) is 3. The molecule has 15 nitrogen and oxygen atoms in total. The Morgan fingerprint density at radius 3 is 0.741 bits per heavy atom. The summed E-state index contributed by atoms with van der Waals surface area (Å²) in [6.07, 6.45) is 0.118. The summed E-state index contributed by atoms with van der Waals surface area (Å²) in [7, 11) is 0. The summed E-state index contributed by atoms with van der Waals surface area (Å²) in [6, 6.07) is 0. The third-order valence-electron chi connectivity index (χ3n) is 0.860. The lowest BCUT2D eigenvalue weighted by Gasteiger charge is -1.89. The standard InChI is InChI=1S/3C3H7NO2.3CHNO/c3*1-2-6-3(4)5;3*2-1-3/h3*2H2,1H3,(H2,4,5);3*2H. The maximum atomic E-state index is 9.60. The lowest BCUT2D eigenvalue weighted by Crippen LogP contribution is -2.11. The van der Waals surface area contributed by atoms with Gasteiger partial charge in [0.05, 0.1) is 19.8 Å². The molecule has 0 spiro atoms. The summed E-state index contributed by atoms with van der Waals surface area (Å²) in [4.78, 5) is 53.8. The van der Waals surface area contributed by atoms with Gasteiger partial charge in [-0.05, 0) is 20.8 Å². The first-order valence-electron chi connectivity index (χ1n) is 6.44. The summed E-state index contributed by atoms with van der Waals surface area (Å²) < 4.78 is 12.5. The van der Waals surface area contributed by atoms with Crippen molar-refractivity contribution in [3.05, 3.63) is 0 Å². The predicted octanol–water partition coefficient (Wildman–Crippen LogP) is 0.00771. The molecular formula is C12H24N6O9. The van der Waals surface area contributed by atoms with Crippen LogP contribution in [-0.4, -0.2) is 56.3 Å². The summed E-state index contributed by atoms with van der Waals surface area (Å²) in [5.74, 6) is 0. The number of carbonyl (C=O) groups excluding carboxylic acids is 6. The maximum Gasteiger partial charge on any atom is 0.404 e. The molecule has 0 fully saturated rings. The van der Waals surface area contributed by atoms with Crippen molar-refractivity contribution in [1.29, 1.82) is 16.2 Å². The average molecular weight is 396 g/mol. The highest BCUT2D eigenvalue weighted by Gasteiger charge is 1.83. The summed E-state index contributed by atoms with van der Waals surface area (Å²) in [5, 5.41) is 16.2. The van der Waals surface area contributed by atoms with Gasteiger partial charge in [0.1, 0.15) is 0 Å². The zero-order valence-electron chi connectivity index (χ0n) is 15.0. The Bertz CT molecular complexity index is 386. The van der Waals surface area contributed by atoms with Crippen LogP contribution in [-0.2, 0) is 28.6 Å². The largest absolute Gasteiger partial charge is 0.450 e. The second kappa shape index (κ2) is 49.5. The highest BCUT2D eigenvalue weighted by Crippen LogP contribution is 1.67. The molecule has 27 heavy (non-hydrogen) atoms. The fourth-order valence-corrected chi connectivity index (χ4v) is 0.427. The van der Waals surface area contributed by atoms with Crippen molar-refractivity contribution in [1.82, 2.24) is 0 Å². The highest BCUT2D eigenvalue weighted by atomic mass is 16.6. The molecule has 0 unspecified atom stereocenters. The van der Waals surface area contributed by atoms with E-state index < -0.39 is 18.3 Å². The molecule has 0 rings (SSSR count). The molecule has 0 aliphatic heterocycles. The third kappa shape index (κ3) is 357. The number of hydrogen-bond acceptors (Lipinski definition) is 12. The molecule has 0 aliphatic carbocycles. The minimum absolute atomic E-state index is 0.356. The Hall–Kier alpha value is -4.05. The molecule has 0 aromatic heterocycles. The molecule has 15 heteroatoms. The second-order valence-corrected chi connectivity index (χ2v) is 2.56. The normalized spacial score (nSPS) is 5.89. The lowest BCUT2D eigenvalue weighted by molar-refractivity contribution is 0.162. The fraction of sp³-hybridized carbons (Fsp3) is 0.500. The van der Waals surface area contributed by atoms with E-state index in [4.69, 9.17) is 30.6 Å². The van der Waals surface area contributed by atoms with Crippen LogP contribution in [0.15, 0.2) is 0 Å². The Labute approximate surface area is 154 Å². The number of carbonyl (C=O) groups is 3. The van der Waals surface area contributed by atoms with E-state index >= 15 is 0 Å². The Balaban J connectivity index is -0.0000000506. The van der Waals surface area contributed by atoms with Crippen molar-refractivity contribution < 1.29 is 43.0 Å². The summed E-state index contributed by atoms with van der Waals surface area (Å²) in [5.41, 5.74) is 13.6. The Morgan fingerprint density at radius 2 is 0.741 bits per heavy atom. The van der Waals surface area contributed by atoms with Crippen LogP contribution < -0.4 is 17.2 Å². The minimum atomic E-state index is -0.711. The molecule has 9 N–H and O–H groups in total. The summed E-state index contributed by atoms with van der Waals surface area (Å²) in [6.45, 7) is 6.17. The first-order valence-corrected chi connectivity index (χ1v) is 6.44. The monoisotopic (exact) mass is 396 g/mol. The van der Waals surface area contributed by atoms with Gasteiger partial charge in [0.25, 0.3) is 0 Å². The molecule has 0 aromatic rings. The molecule has 3 amide bonds. The van der Waals surface area contributed by atoms with E-state index in [-0.39, 0.29) is 0 Å². The lowest BCUT2D eigenvalue weighted by atomic mass is 10.9. The van der Waals surface area contributed by atoms with E-state index in [1.54, 1.807) is 20.8 Å². The van der Waals surface area contributed by atoms with Crippen molar-refractivity contribution >= 4 is 36.5 Å². The Morgan fingerprint density at radius 1 is 0.630 bits per heavy atom. The molecule has 0 aliphatic rings. The van der Waals surface area contributed by atoms with Crippen LogP contribution in [0.2, 0.25) is 0 Å². The number of nitrogens with two attached hydrogens (primary N) is 3. The molecule has 0 atom stereocenters. The number of amides is 3. The van der Waals surface area contributed by atoms with E-state index in [9.17, 15) is 14.4 Å². The maximum absolute atomic E-state index is 9.60. The predicted molar refractivity (Wildman–Crippen MR) is 88.9 cm³/mol. The first-order chi connectivity index (χ1) is 12.6. The first kappa shape index (κ1) is 38.5. The minimum Gasteiger partial charge on any atom is -0.450 e. The van der Waals surface area contributed by atoms with Gasteiger partial charge in [-0.15, -0.1) is 0 Å². The van der Waals surface area contributed by atoms with Gasteiger partial charge in [0.2, 0.25) is 18.2 Å². The van der Waals surface area contributed by atoms with Gasteiger partial charge in [-0.2, -0.15) is 0 Å². The number of isocyanates is 3. The molecule has 0 bridgehead atoms. The van der Waals surface area contributed by atoms with E-state index in [0.29, 0.717) is 19.8 Å². The van der Waals surface area contributed by atoms with Crippen molar-refractivity contribution in [3.8, 4) is 0 Å². The van der Waals surface area contributed by atoms with Crippen molar-refractivity contribution in [2.24, 2.45) is 17.2 Å². The third-order valence-corrected chi connectivity index (χ3v) is 0.860. The van der Waals surface area contributed by atoms with Crippen LogP contribution in [0.5, 0.6) is 0 Å². The van der Waals surface area contributed by atoms with Gasteiger partial charge >= 0.3 is 18.3 Å². The summed E-state index contributed by atoms with van der Waals surface area (Å²) >= 11 is 0. The van der Waals surface area contributed by atoms with Crippen molar-refractivity contribution in [3.63, 3.8) is 0 Å². The van der Waals surface area contributed by atoms with Gasteiger partial charge in [-0.1, -0.05) is 0 Å². The van der Waals surface area contributed by atoms with Gasteiger partial charge < -0.3 is 31.4 Å². The van der Waals surface area contributed by atoms with Crippen LogP contribution >= 0.6 is 0 Å². The number of primary amides is 3. The van der Waals surface area contributed by atoms with Crippen LogP contribution in [0.3, 0.4) is 0 Å². The van der Waals surface area contributed by atoms with E-state index in [1.165, 1.54) is 0 Å². The van der Waals surface area contributed by atoms with Gasteiger partial charge in [-0.25, -0.2) is 45.0 Å². The quantitative estimate of drug-likeness (QED) is 0.212. The number of nitrogens with one attached hydrogen (secondary N) is 3. The molecular weight excluding hydrogens is 372 g/mol. The highest BCUT2D eigenvalue weighted by molar-refractivity contribution is 5.64. The van der Waals surface area contributed by atoms with Gasteiger partial charge in [0.15, 0.2) is 0 Å². The molecule has 0 saturated carbocycles. The molecule has 0 saturated heterocycles. The SMILES string of the molecule is CCOC(N)=O.CCOC(N)=O.CCOC(N)=O.N=C=O.N=C=O.N=C=O. The number of hydrogen-bond donors (Lipinski definition) is 6. The van der Waals surface area contributed by atoms with E-state index in [2.05, 4.69) is 31.4 Å². The van der Waals surface area contributed by atoms with Crippen LogP contribution in [0.25, 0.3) is 0 Å². The number of rotatable bonds is 3. The topological polar surface area (TPSA) is 280 Å². The molecule has 156 valence electrons. The average Bonchev–Trinajstić information content (AvgIpc) is 2.50. The van der Waals surface area contributed by atoms with E-state index in [0.717, 1.165) is 18.2 Å². The van der Waals surface area contributed by atoms with Crippen LogP contribution in [0, 0.1) is 16.2 Å². The van der Waals surface area contributed by atoms with Gasteiger partial charge in [-0.3, -0.25) is 0 Å². The van der Waals surface area contributed by atoms with Crippen molar-refractivity contribution in [2.45, 2.75) is 20.8 Å².